The van der Waals surface area contributed by atoms with Crippen molar-refractivity contribution in [1.82, 2.24) is 15.0 Å². The monoisotopic (exact) mass is 718 g/mol. The molecule has 1 heterocycles. The maximum atomic E-state index is 10.4. The predicted octanol–water partition coefficient (Wildman–Crippen LogP) is 5.91. The number of unbranched alkanes of at least 4 members (excludes halogenated alkanes) is 13. The van der Waals surface area contributed by atoms with Crippen LogP contribution in [0.3, 0.4) is 0 Å². The van der Waals surface area contributed by atoms with E-state index in [-0.39, 0.29) is 13.0 Å². The summed E-state index contributed by atoms with van der Waals surface area (Å²) >= 11 is 0. The Morgan fingerprint density at radius 1 is 0.520 bits per heavy atom. The van der Waals surface area contributed by atoms with Crippen molar-refractivity contribution in [3.8, 4) is 0 Å². The first-order chi connectivity index (χ1) is 24.7. The van der Waals surface area contributed by atoms with Crippen molar-refractivity contribution in [3.05, 3.63) is 11.9 Å². The lowest BCUT2D eigenvalue weighted by molar-refractivity contribution is -0.138. The molecule has 0 aliphatic carbocycles. The molecule has 50 heavy (non-hydrogen) atoms. The molecule has 0 amide bonds. The highest BCUT2D eigenvalue weighted by atomic mass is 16.6. The minimum atomic E-state index is -0.869. The molecule has 0 fully saturated rings. The largest absolute Gasteiger partial charge is 0.481 e. The number of aliphatic carboxylic acids is 1. The van der Waals surface area contributed by atoms with Crippen molar-refractivity contribution in [1.29, 1.82) is 0 Å². The number of carboxylic acid groups (broad SMARTS) is 1. The second-order valence-corrected chi connectivity index (χ2v) is 12.4. The standard InChI is InChI=1S/C37H71N3O10/c1-2-3-4-5-6-7-8-9-10-11-12-13-14-15-16-36-35-40(39-38-36)18-20-44-22-24-46-26-28-48-30-32-50-34-33-49-31-29-47-27-25-45-23-21-43-19-17-37(41)42/h35H,2-34H2,1H3,(H,41,42). The summed E-state index contributed by atoms with van der Waals surface area (Å²) < 4.78 is 45.4. The molecule has 0 saturated heterocycles. The van der Waals surface area contributed by atoms with Crippen molar-refractivity contribution in [3.63, 3.8) is 0 Å². The van der Waals surface area contributed by atoms with E-state index in [0.717, 1.165) is 12.1 Å². The van der Waals surface area contributed by atoms with Crippen LogP contribution in [-0.2, 0) is 55.7 Å². The average molecular weight is 718 g/mol. The quantitative estimate of drug-likeness (QED) is 0.0804. The molecule has 13 heteroatoms. The molecular formula is C37H71N3O10. The van der Waals surface area contributed by atoms with Gasteiger partial charge in [0.1, 0.15) is 0 Å². The second-order valence-electron chi connectivity index (χ2n) is 12.4. The van der Waals surface area contributed by atoms with E-state index >= 15 is 0 Å². The minimum Gasteiger partial charge on any atom is -0.481 e. The lowest BCUT2D eigenvalue weighted by Crippen LogP contribution is -2.15. The molecule has 1 rings (SSSR count). The third-order valence-electron chi connectivity index (χ3n) is 7.90. The zero-order chi connectivity index (χ0) is 35.8. The molecule has 1 aromatic heterocycles. The Morgan fingerprint density at radius 3 is 1.24 bits per heavy atom. The second kappa shape index (κ2) is 38.5. The van der Waals surface area contributed by atoms with Gasteiger partial charge in [0.2, 0.25) is 0 Å². The number of ether oxygens (including phenoxy) is 8. The maximum Gasteiger partial charge on any atom is 0.305 e. The van der Waals surface area contributed by atoms with Crippen molar-refractivity contribution in [2.75, 3.05) is 106 Å². The molecule has 0 radical (unpaired) electrons. The zero-order valence-electron chi connectivity index (χ0n) is 31.4. The number of carbonyl (C=O) groups is 1. The first-order valence-corrected chi connectivity index (χ1v) is 19.4. The van der Waals surface area contributed by atoms with E-state index in [1.807, 2.05) is 10.9 Å². The van der Waals surface area contributed by atoms with Gasteiger partial charge >= 0.3 is 5.97 Å². The van der Waals surface area contributed by atoms with Gasteiger partial charge in [0.15, 0.2) is 0 Å². The van der Waals surface area contributed by atoms with Gasteiger partial charge in [0, 0.05) is 6.20 Å². The lowest BCUT2D eigenvalue weighted by Gasteiger charge is -2.08. The molecule has 0 aromatic carbocycles. The van der Waals surface area contributed by atoms with Crippen molar-refractivity contribution in [2.45, 2.75) is 116 Å². The Morgan fingerprint density at radius 2 is 0.860 bits per heavy atom. The van der Waals surface area contributed by atoms with Crippen LogP contribution in [0.4, 0.5) is 0 Å². The van der Waals surface area contributed by atoms with E-state index < -0.39 is 5.97 Å². The van der Waals surface area contributed by atoms with Crippen LogP contribution in [0, 0.1) is 0 Å². The molecule has 0 aliphatic rings. The summed E-state index contributed by atoms with van der Waals surface area (Å²) in [6.07, 6.45) is 22.3. The fraction of sp³-hybridized carbons (Fsp3) is 0.919. The highest BCUT2D eigenvalue weighted by molar-refractivity contribution is 5.66. The van der Waals surface area contributed by atoms with Crippen LogP contribution in [0.5, 0.6) is 0 Å². The van der Waals surface area contributed by atoms with Crippen LogP contribution >= 0.6 is 0 Å². The van der Waals surface area contributed by atoms with Crippen LogP contribution in [-0.4, -0.2) is 132 Å². The fourth-order valence-electron chi connectivity index (χ4n) is 5.02. The normalized spacial score (nSPS) is 11.5. The number of carboxylic acids is 1. The van der Waals surface area contributed by atoms with E-state index in [0.29, 0.717) is 106 Å². The molecule has 0 saturated carbocycles. The molecular weight excluding hydrogens is 646 g/mol. The summed E-state index contributed by atoms with van der Waals surface area (Å²) in [6, 6.07) is 0. The number of rotatable bonds is 42. The first kappa shape index (κ1) is 46.3. The highest BCUT2D eigenvalue weighted by Crippen LogP contribution is 2.13. The zero-order valence-corrected chi connectivity index (χ0v) is 31.4. The third kappa shape index (κ3) is 34.7. The summed E-state index contributed by atoms with van der Waals surface area (Å²) in [5.41, 5.74) is 1.07. The van der Waals surface area contributed by atoms with Crippen molar-refractivity contribution >= 4 is 5.97 Å². The molecule has 0 atom stereocenters. The Balaban J connectivity index is 1.73. The fourth-order valence-corrected chi connectivity index (χ4v) is 5.02. The summed E-state index contributed by atoms with van der Waals surface area (Å²) in [5, 5.41) is 17.1. The van der Waals surface area contributed by atoms with Gasteiger partial charge in [-0.2, -0.15) is 0 Å². The van der Waals surface area contributed by atoms with E-state index in [1.165, 1.54) is 89.9 Å². The van der Waals surface area contributed by atoms with Gasteiger partial charge in [-0.05, 0) is 12.8 Å². The summed E-state index contributed by atoms with van der Waals surface area (Å²) in [7, 11) is 0. The molecule has 1 N–H and O–H groups in total. The van der Waals surface area contributed by atoms with Gasteiger partial charge in [0.25, 0.3) is 0 Å². The van der Waals surface area contributed by atoms with Gasteiger partial charge in [-0.15, -0.1) is 5.10 Å². The van der Waals surface area contributed by atoms with Crippen molar-refractivity contribution < 1.29 is 47.8 Å². The number of aryl methyl sites for hydroxylation is 1. The van der Waals surface area contributed by atoms with Gasteiger partial charge in [-0.1, -0.05) is 95.6 Å². The van der Waals surface area contributed by atoms with Crippen LogP contribution in [0.1, 0.15) is 109 Å². The van der Waals surface area contributed by atoms with E-state index in [1.54, 1.807) is 0 Å². The third-order valence-corrected chi connectivity index (χ3v) is 7.90. The summed E-state index contributed by atoms with van der Waals surface area (Å²) in [6.45, 7) is 10.5. The summed E-state index contributed by atoms with van der Waals surface area (Å²) in [4.78, 5) is 10.4. The maximum absolute atomic E-state index is 10.4. The summed E-state index contributed by atoms with van der Waals surface area (Å²) in [5.74, 6) is -0.869. The SMILES string of the molecule is CCCCCCCCCCCCCCCCc1cn(CCOCCOCCOCCOCCOCCOCCOCCOCCC(=O)O)nn1. The van der Waals surface area contributed by atoms with Gasteiger partial charge in [-0.3, -0.25) is 4.79 Å². The molecule has 0 spiro atoms. The van der Waals surface area contributed by atoms with Crippen LogP contribution in [0.15, 0.2) is 6.20 Å². The van der Waals surface area contributed by atoms with E-state index in [2.05, 4.69) is 17.2 Å². The predicted molar refractivity (Wildman–Crippen MR) is 193 cm³/mol. The molecule has 1 aromatic rings. The minimum absolute atomic E-state index is 0.00233. The Kier molecular flexibility index (Phi) is 35.7. The van der Waals surface area contributed by atoms with Crippen LogP contribution < -0.4 is 0 Å². The molecule has 13 nitrogen and oxygen atoms in total. The van der Waals surface area contributed by atoms with Crippen molar-refractivity contribution in [2.24, 2.45) is 0 Å². The molecule has 294 valence electrons. The Bertz CT molecular complexity index is 833. The van der Waals surface area contributed by atoms with Crippen LogP contribution in [0.2, 0.25) is 0 Å². The number of hydrogen-bond acceptors (Lipinski definition) is 11. The average Bonchev–Trinajstić information content (AvgIpc) is 3.57. The number of nitrogens with zero attached hydrogens (tertiary/aromatic N) is 3. The number of aromatic nitrogens is 3. The molecule has 0 unspecified atom stereocenters. The Hall–Kier alpha value is -1.71. The topological polar surface area (TPSA) is 142 Å². The van der Waals surface area contributed by atoms with Gasteiger partial charge < -0.3 is 43.0 Å². The lowest BCUT2D eigenvalue weighted by atomic mass is 10.0. The first-order valence-electron chi connectivity index (χ1n) is 19.4. The van der Waals surface area contributed by atoms with Gasteiger partial charge in [0.05, 0.1) is 124 Å². The van der Waals surface area contributed by atoms with E-state index in [4.69, 9.17) is 43.0 Å². The Labute approximate surface area is 302 Å². The molecule has 0 bridgehead atoms. The smallest absolute Gasteiger partial charge is 0.305 e. The highest BCUT2D eigenvalue weighted by Gasteiger charge is 2.02. The van der Waals surface area contributed by atoms with Gasteiger partial charge in [-0.25, -0.2) is 4.68 Å². The number of hydrogen-bond donors (Lipinski definition) is 1. The van der Waals surface area contributed by atoms with E-state index in [9.17, 15) is 4.79 Å². The van der Waals surface area contributed by atoms with Crippen LogP contribution in [0.25, 0.3) is 0 Å². The molecule has 0 aliphatic heterocycles.